The van der Waals surface area contributed by atoms with Crippen LogP contribution in [0.15, 0.2) is 77.7 Å². The average Bonchev–Trinajstić information content (AvgIpc) is 2.84. The standard InChI is InChI=1S/C25H27N3O6S/c1-17(26-25(30)18-7-5-4-6-8-18)15-24(29)27-20-11-14-22(34-3)23(16-20)35(31,32)28-19-9-12-21(33-2)13-10-19/h4-14,16-17,28H,15H2,1-3H3,(H,26,30)(H,27,29). The van der Waals surface area contributed by atoms with Gasteiger partial charge in [0.25, 0.3) is 15.9 Å². The van der Waals surface area contributed by atoms with Crippen molar-refractivity contribution in [1.82, 2.24) is 5.32 Å². The topological polar surface area (TPSA) is 123 Å². The van der Waals surface area contributed by atoms with Crippen molar-refractivity contribution in [2.24, 2.45) is 0 Å². The van der Waals surface area contributed by atoms with E-state index in [-0.39, 0.29) is 34.6 Å². The summed E-state index contributed by atoms with van der Waals surface area (Å²) in [6.45, 7) is 1.71. The number of sulfonamides is 1. The molecule has 0 spiro atoms. The number of benzene rings is 3. The number of hydrogen-bond donors (Lipinski definition) is 3. The number of amides is 2. The van der Waals surface area contributed by atoms with Crippen molar-refractivity contribution in [3.05, 3.63) is 78.4 Å². The summed E-state index contributed by atoms with van der Waals surface area (Å²) in [6.07, 6.45) is -0.00319. The van der Waals surface area contributed by atoms with Crippen LogP contribution in [0.5, 0.6) is 11.5 Å². The van der Waals surface area contributed by atoms with Crippen LogP contribution in [0, 0.1) is 0 Å². The monoisotopic (exact) mass is 497 g/mol. The lowest BCUT2D eigenvalue weighted by Gasteiger charge is -2.16. The third kappa shape index (κ3) is 6.97. The minimum absolute atomic E-state index is 0.00319. The van der Waals surface area contributed by atoms with Gasteiger partial charge in [-0.05, 0) is 61.5 Å². The largest absolute Gasteiger partial charge is 0.497 e. The summed E-state index contributed by atoms with van der Waals surface area (Å²) >= 11 is 0. The molecule has 2 amide bonds. The number of ether oxygens (including phenoxy) is 2. The van der Waals surface area contributed by atoms with Crippen molar-refractivity contribution in [1.29, 1.82) is 0 Å². The molecule has 0 fully saturated rings. The van der Waals surface area contributed by atoms with Gasteiger partial charge in [-0.2, -0.15) is 0 Å². The molecule has 3 aromatic carbocycles. The quantitative estimate of drug-likeness (QED) is 0.393. The first-order chi connectivity index (χ1) is 16.7. The molecule has 1 unspecified atom stereocenters. The molecule has 0 radical (unpaired) electrons. The summed E-state index contributed by atoms with van der Waals surface area (Å²) in [7, 11) is -1.15. The second-order valence-corrected chi connectivity index (χ2v) is 9.34. The number of methoxy groups -OCH3 is 2. The van der Waals surface area contributed by atoms with Crippen LogP contribution in [0.25, 0.3) is 0 Å². The van der Waals surface area contributed by atoms with E-state index in [0.29, 0.717) is 17.0 Å². The molecule has 3 rings (SSSR count). The van der Waals surface area contributed by atoms with Gasteiger partial charge in [0.2, 0.25) is 5.91 Å². The number of carbonyl (C=O) groups excluding carboxylic acids is 2. The molecule has 35 heavy (non-hydrogen) atoms. The molecule has 0 saturated carbocycles. The van der Waals surface area contributed by atoms with Gasteiger partial charge in [-0.3, -0.25) is 14.3 Å². The zero-order valence-corrected chi connectivity index (χ0v) is 20.4. The molecule has 1 atom stereocenters. The normalized spacial score (nSPS) is 11.7. The smallest absolute Gasteiger partial charge is 0.265 e. The first-order valence-electron chi connectivity index (χ1n) is 10.7. The first-order valence-corrected chi connectivity index (χ1v) is 12.2. The van der Waals surface area contributed by atoms with E-state index in [1.165, 1.54) is 32.4 Å². The number of carbonyl (C=O) groups is 2. The minimum Gasteiger partial charge on any atom is -0.497 e. The lowest BCUT2D eigenvalue weighted by molar-refractivity contribution is -0.116. The second-order valence-electron chi connectivity index (χ2n) is 7.69. The zero-order valence-electron chi connectivity index (χ0n) is 19.6. The van der Waals surface area contributed by atoms with Gasteiger partial charge in [-0.15, -0.1) is 0 Å². The first kappa shape index (κ1) is 25.6. The van der Waals surface area contributed by atoms with E-state index in [9.17, 15) is 18.0 Å². The van der Waals surface area contributed by atoms with Crippen LogP contribution in [-0.2, 0) is 14.8 Å². The average molecular weight is 498 g/mol. The van der Waals surface area contributed by atoms with Crippen molar-refractivity contribution in [3.63, 3.8) is 0 Å². The van der Waals surface area contributed by atoms with Crippen LogP contribution in [0.3, 0.4) is 0 Å². The Hall–Kier alpha value is -4.05. The maximum absolute atomic E-state index is 13.0. The van der Waals surface area contributed by atoms with Crippen LogP contribution in [0.2, 0.25) is 0 Å². The van der Waals surface area contributed by atoms with Crippen LogP contribution in [-0.4, -0.2) is 40.5 Å². The van der Waals surface area contributed by atoms with E-state index in [0.717, 1.165) is 0 Å². The Labute approximate surface area is 204 Å². The lowest BCUT2D eigenvalue weighted by Crippen LogP contribution is -2.35. The summed E-state index contributed by atoms with van der Waals surface area (Å²) in [6, 6.07) is 18.9. The summed E-state index contributed by atoms with van der Waals surface area (Å²) in [5.41, 5.74) is 1.10. The Morgan fingerprint density at radius 3 is 2.17 bits per heavy atom. The van der Waals surface area contributed by atoms with Crippen molar-refractivity contribution in [3.8, 4) is 11.5 Å². The predicted octanol–water partition coefficient (Wildman–Crippen LogP) is 3.65. The molecule has 9 nitrogen and oxygen atoms in total. The maximum atomic E-state index is 13.0. The number of anilines is 2. The molecule has 3 N–H and O–H groups in total. The second kappa shape index (κ2) is 11.4. The van der Waals surface area contributed by atoms with Gasteiger partial charge in [-0.25, -0.2) is 8.42 Å². The summed E-state index contributed by atoms with van der Waals surface area (Å²) in [4.78, 5) is 24.7. The minimum atomic E-state index is -4.03. The van der Waals surface area contributed by atoms with E-state index in [1.807, 2.05) is 6.07 Å². The Morgan fingerprint density at radius 2 is 1.54 bits per heavy atom. The lowest BCUT2D eigenvalue weighted by atomic mass is 10.1. The van der Waals surface area contributed by atoms with Gasteiger partial charge in [0.1, 0.15) is 16.4 Å². The van der Waals surface area contributed by atoms with E-state index in [2.05, 4.69) is 15.4 Å². The van der Waals surface area contributed by atoms with Crippen molar-refractivity contribution in [2.45, 2.75) is 24.3 Å². The van der Waals surface area contributed by atoms with Crippen molar-refractivity contribution < 1.29 is 27.5 Å². The van der Waals surface area contributed by atoms with Crippen LogP contribution < -0.4 is 24.8 Å². The van der Waals surface area contributed by atoms with Crippen LogP contribution >= 0.6 is 0 Å². The number of rotatable bonds is 10. The van der Waals surface area contributed by atoms with Crippen molar-refractivity contribution >= 4 is 33.2 Å². The number of hydrogen-bond acceptors (Lipinski definition) is 6. The molecular weight excluding hydrogens is 470 g/mol. The SMILES string of the molecule is COc1ccc(NS(=O)(=O)c2cc(NC(=O)CC(C)NC(=O)c3ccccc3)ccc2OC)cc1. The molecule has 3 aromatic rings. The third-order valence-corrected chi connectivity index (χ3v) is 6.39. The maximum Gasteiger partial charge on any atom is 0.265 e. The molecule has 0 bridgehead atoms. The Kier molecular flexibility index (Phi) is 8.32. The molecule has 184 valence electrons. The summed E-state index contributed by atoms with van der Waals surface area (Å²) in [5.74, 6) is 0.0350. The molecule has 10 heteroatoms. The Morgan fingerprint density at radius 1 is 0.886 bits per heavy atom. The van der Waals surface area contributed by atoms with E-state index in [4.69, 9.17) is 9.47 Å². The molecule has 0 aromatic heterocycles. The highest BCUT2D eigenvalue weighted by molar-refractivity contribution is 7.92. The fourth-order valence-electron chi connectivity index (χ4n) is 3.27. The highest BCUT2D eigenvalue weighted by Gasteiger charge is 2.21. The fraction of sp³-hybridized carbons (Fsp3) is 0.200. The highest BCUT2D eigenvalue weighted by atomic mass is 32.2. The Bertz CT molecular complexity index is 1280. The van der Waals surface area contributed by atoms with Gasteiger partial charge in [-0.1, -0.05) is 18.2 Å². The molecule has 0 saturated heterocycles. The molecule has 0 heterocycles. The van der Waals surface area contributed by atoms with Gasteiger partial charge >= 0.3 is 0 Å². The molecular formula is C25H27N3O6S. The van der Waals surface area contributed by atoms with Gasteiger partial charge < -0.3 is 20.1 Å². The number of nitrogens with one attached hydrogen (secondary N) is 3. The zero-order chi connectivity index (χ0) is 25.4. The van der Waals surface area contributed by atoms with E-state index in [1.54, 1.807) is 55.5 Å². The Balaban J connectivity index is 1.69. The fourth-order valence-corrected chi connectivity index (χ4v) is 4.53. The summed E-state index contributed by atoms with van der Waals surface area (Å²) in [5, 5.41) is 5.44. The van der Waals surface area contributed by atoms with Crippen molar-refractivity contribution in [2.75, 3.05) is 24.3 Å². The highest BCUT2D eigenvalue weighted by Crippen LogP contribution is 2.29. The van der Waals surface area contributed by atoms with E-state index >= 15 is 0 Å². The molecule has 0 aliphatic carbocycles. The third-order valence-electron chi connectivity index (χ3n) is 4.98. The van der Waals surface area contributed by atoms with Crippen LogP contribution in [0.4, 0.5) is 11.4 Å². The van der Waals surface area contributed by atoms with E-state index < -0.39 is 16.1 Å². The molecule has 0 aliphatic heterocycles. The van der Waals surface area contributed by atoms with Gasteiger partial charge in [0.05, 0.1) is 14.2 Å². The van der Waals surface area contributed by atoms with Crippen LogP contribution in [0.1, 0.15) is 23.7 Å². The molecule has 0 aliphatic rings. The summed E-state index contributed by atoms with van der Waals surface area (Å²) < 4.78 is 38.8. The van der Waals surface area contributed by atoms with Gasteiger partial charge in [0.15, 0.2) is 0 Å². The van der Waals surface area contributed by atoms with Gasteiger partial charge in [0, 0.05) is 29.4 Å². The predicted molar refractivity (Wildman–Crippen MR) is 133 cm³/mol.